The lowest BCUT2D eigenvalue weighted by atomic mass is 10.1. The third-order valence-corrected chi connectivity index (χ3v) is 5.32. The van der Waals surface area contributed by atoms with Crippen LogP contribution in [0.4, 0.5) is 0 Å². The first-order valence-corrected chi connectivity index (χ1v) is 9.96. The molecule has 6 N–H and O–H groups in total. The van der Waals surface area contributed by atoms with Gasteiger partial charge in [-0.05, 0) is 12.1 Å². The van der Waals surface area contributed by atoms with Gasteiger partial charge in [0.15, 0.2) is 17.3 Å². The lowest BCUT2D eigenvalue weighted by Crippen LogP contribution is -2.54. The smallest absolute Gasteiger partial charge is 0.239 e. The van der Waals surface area contributed by atoms with Gasteiger partial charge in [0.2, 0.25) is 23.2 Å². The van der Waals surface area contributed by atoms with Crippen molar-refractivity contribution < 1.29 is 54.0 Å². The van der Waals surface area contributed by atoms with Crippen molar-refractivity contribution in [1.29, 1.82) is 0 Å². The van der Waals surface area contributed by atoms with Gasteiger partial charge >= 0.3 is 0 Å². The van der Waals surface area contributed by atoms with Crippen LogP contribution in [0.5, 0.6) is 34.5 Å². The summed E-state index contributed by atoms with van der Waals surface area (Å²) < 4.78 is 26.9. The van der Waals surface area contributed by atoms with E-state index in [1.807, 2.05) is 0 Å². The van der Waals surface area contributed by atoms with Crippen LogP contribution in [-0.4, -0.2) is 76.1 Å². The van der Waals surface area contributed by atoms with Gasteiger partial charge in [0.25, 0.3) is 0 Å². The molecule has 1 fully saturated rings. The highest BCUT2D eigenvalue weighted by Crippen LogP contribution is 2.44. The number of ether oxygens (including phenoxy) is 4. The van der Waals surface area contributed by atoms with Crippen LogP contribution >= 0.6 is 0 Å². The van der Waals surface area contributed by atoms with E-state index in [2.05, 4.69) is 0 Å². The molecule has 0 bridgehead atoms. The molecular weight excluding hydrogens is 456 g/mol. The van der Waals surface area contributed by atoms with E-state index in [9.17, 15) is 35.4 Å². The summed E-state index contributed by atoms with van der Waals surface area (Å²) in [4.78, 5) is 13.0. The van der Waals surface area contributed by atoms with Crippen LogP contribution in [0, 0.1) is 0 Å². The molecule has 2 aromatic carbocycles. The number of phenolic OH excluding ortho intramolecular Hbond substituents is 3. The molecule has 1 saturated heterocycles. The predicted octanol–water partition coefficient (Wildman–Crippen LogP) is 0.412. The van der Waals surface area contributed by atoms with E-state index >= 15 is 0 Å². The maximum absolute atomic E-state index is 13.0. The molecule has 0 spiro atoms. The zero-order valence-corrected chi connectivity index (χ0v) is 18.0. The molecule has 4 rings (SSSR count). The first-order valence-electron chi connectivity index (χ1n) is 9.96. The summed E-state index contributed by atoms with van der Waals surface area (Å²) in [7, 11) is 2.46. The van der Waals surface area contributed by atoms with E-state index in [0.717, 1.165) is 12.1 Å². The van der Waals surface area contributed by atoms with Gasteiger partial charge in [-0.25, -0.2) is 0 Å². The normalized spacial score (nSPS) is 22.5. The Kier molecular flexibility index (Phi) is 6.15. The van der Waals surface area contributed by atoms with Crippen LogP contribution in [-0.2, 0) is 4.74 Å². The molecule has 1 aliphatic rings. The molecule has 12 nitrogen and oxygen atoms in total. The Balaban J connectivity index is 1.86. The van der Waals surface area contributed by atoms with Crippen LogP contribution in [0.15, 0.2) is 33.5 Å². The van der Waals surface area contributed by atoms with Gasteiger partial charge in [-0.2, -0.15) is 0 Å². The second kappa shape index (κ2) is 8.91. The van der Waals surface area contributed by atoms with Crippen molar-refractivity contribution >= 4 is 11.0 Å². The maximum atomic E-state index is 13.0. The molecule has 0 saturated carbocycles. The minimum atomic E-state index is -1.63. The van der Waals surface area contributed by atoms with E-state index in [0.29, 0.717) is 0 Å². The molecule has 0 aliphatic carbocycles. The Morgan fingerprint density at radius 3 is 2.29 bits per heavy atom. The topological polar surface area (TPSA) is 189 Å². The Labute approximate surface area is 191 Å². The van der Waals surface area contributed by atoms with Crippen LogP contribution < -0.4 is 19.6 Å². The zero-order chi connectivity index (χ0) is 24.7. The summed E-state index contributed by atoms with van der Waals surface area (Å²) in [5.74, 6) is -2.10. The summed E-state index contributed by atoms with van der Waals surface area (Å²) in [6.07, 6.45) is -5.92. The molecule has 0 amide bonds. The summed E-state index contributed by atoms with van der Waals surface area (Å²) in [5.41, 5.74) is -0.825. The lowest BCUT2D eigenvalue weighted by molar-refractivity contribution is -0.242. The zero-order valence-electron chi connectivity index (χ0n) is 18.0. The number of rotatable bonds is 5. The SMILES string of the molecule is COc1c(O)cc(-c2oc3cc(O)cc(O)c3c(=O)c2OC)cc1O[C@@H]1OC[C@@H](O)C(O)C1O. The Morgan fingerprint density at radius 1 is 0.912 bits per heavy atom. The third kappa shape index (κ3) is 3.92. The minimum Gasteiger partial charge on any atom is -0.508 e. The molecule has 12 heteroatoms. The molecule has 182 valence electrons. The molecule has 34 heavy (non-hydrogen) atoms. The van der Waals surface area contributed by atoms with E-state index in [-0.39, 0.29) is 51.9 Å². The molecule has 1 aromatic heterocycles. The number of aliphatic hydroxyl groups excluding tert-OH is 3. The van der Waals surface area contributed by atoms with Crippen molar-refractivity contribution in [1.82, 2.24) is 0 Å². The van der Waals surface area contributed by atoms with Gasteiger partial charge in [-0.15, -0.1) is 0 Å². The number of hydrogen-bond donors (Lipinski definition) is 6. The van der Waals surface area contributed by atoms with E-state index in [4.69, 9.17) is 23.4 Å². The van der Waals surface area contributed by atoms with Crippen molar-refractivity contribution in [3.63, 3.8) is 0 Å². The van der Waals surface area contributed by atoms with E-state index in [1.165, 1.54) is 26.4 Å². The van der Waals surface area contributed by atoms with Crippen LogP contribution in [0.25, 0.3) is 22.3 Å². The largest absolute Gasteiger partial charge is 0.508 e. The van der Waals surface area contributed by atoms with Gasteiger partial charge in [-0.3, -0.25) is 4.79 Å². The average molecular weight is 478 g/mol. The van der Waals surface area contributed by atoms with Crippen molar-refractivity contribution in [3.8, 4) is 45.8 Å². The molecule has 3 aromatic rings. The number of aromatic hydroxyl groups is 3. The first-order chi connectivity index (χ1) is 16.2. The van der Waals surface area contributed by atoms with Gasteiger partial charge in [0.05, 0.1) is 20.8 Å². The van der Waals surface area contributed by atoms with Gasteiger partial charge < -0.3 is 54.0 Å². The number of methoxy groups -OCH3 is 2. The second-order valence-electron chi connectivity index (χ2n) is 7.53. The van der Waals surface area contributed by atoms with Crippen LogP contribution in [0.1, 0.15) is 0 Å². The Morgan fingerprint density at radius 2 is 1.62 bits per heavy atom. The first kappa shape index (κ1) is 23.4. The van der Waals surface area contributed by atoms with E-state index in [1.54, 1.807) is 0 Å². The highest BCUT2D eigenvalue weighted by atomic mass is 16.7. The molecular formula is C22H22O12. The molecule has 0 radical (unpaired) electrons. The van der Waals surface area contributed by atoms with E-state index < -0.39 is 41.5 Å². The molecule has 1 aliphatic heterocycles. The Bertz CT molecular complexity index is 1280. The molecule has 2 unspecified atom stereocenters. The number of hydrogen-bond acceptors (Lipinski definition) is 12. The summed E-state index contributed by atoms with van der Waals surface area (Å²) >= 11 is 0. The van der Waals surface area contributed by atoms with Crippen molar-refractivity contribution in [2.75, 3.05) is 20.8 Å². The van der Waals surface area contributed by atoms with Crippen molar-refractivity contribution in [2.24, 2.45) is 0 Å². The number of benzene rings is 2. The predicted molar refractivity (Wildman–Crippen MR) is 114 cm³/mol. The average Bonchev–Trinajstić information content (AvgIpc) is 2.78. The molecule has 2 heterocycles. The van der Waals surface area contributed by atoms with Crippen molar-refractivity contribution in [3.05, 3.63) is 34.5 Å². The number of aliphatic hydroxyl groups is 3. The number of fused-ring (bicyclic) bond motifs is 1. The monoisotopic (exact) mass is 478 g/mol. The quantitative estimate of drug-likeness (QED) is 0.297. The maximum Gasteiger partial charge on any atom is 0.239 e. The van der Waals surface area contributed by atoms with Gasteiger partial charge in [0.1, 0.15) is 40.8 Å². The van der Waals surface area contributed by atoms with Crippen LogP contribution in [0.3, 0.4) is 0 Å². The van der Waals surface area contributed by atoms with Gasteiger partial charge in [0, 0.05) is 17.7 Å². The summed E-state index contributed by atoms with van der Waals surface area (Å²) in [6, 6.07) is 4.59. The third-order valence-electron chi connectivity index (χ3n) is 5.32. The van der Waals surface area contributed by atoms with Crippen LogP contribution in [0.2, 0.25) is 0 Å². The fourth-order valence-electron chi connectivity index (χ4n) is 3.66. The van der Waals surface area contributed by atoms with Crippen molar-refractivity contribution in [2.45, 2.75) is 24.6 Å². The molecule has 4 atom stereocenters. The fourth-order valence-corrected chi connectivity index (χ4v) is 3.66. The summed E-state index contributed by atoms with van der Waals surface area (Å²) in [5, 5.41) is 59.9. The van der Waals surface area contributed by atoms with Gasteiger partial charge in [-0.1, -0.05) is 0 Å². The minimum absolute atomic E-state index is 0.0675. The summed E-state index contributed by atoms with van der Waals surface area (Å²) in [6.45, 7) is -0.322. The highest BCUT2D eigenvalue weighted by Gasteiger charge is 2.39. The second-order valence-corrected chi connectivity index (χ2v) is 7.53. The Hall–Kier alpha value is -3.71. The lowest BCUT2D eigenvalue weighted by Gasteiger charge is -2.35. The number of phenols is 3. The highest BCUT2D eigenvalue weighted by molar-refractivity contribution is 5.88. The fraction of sp³-hybridized carbons (Fsp3) is 0.318. The standard InChI is InChI=1S/C22H22O12/c1-30-20-11(25)3-8(4-14(20)34-22-18(29)16(27)12(26)7-32-22)19-21(31-2)17(28)15-10(24)5-9(23)6-13(15)33-19/h3-6,12,16,18,22-27,29H,7H2,1-2H3/t12-,16?,18?,22+/m1/s1.